The van der Waals surface area contributed by atoms with Crippen molar-refractivity contribution in [2.24, 2.45) is 5.92 Å². The van der Waals surface area contributed by atoms with Crippen LogP contribution in [0.3, 0.4) is 0 Å². The van der Waals surface area contributed by atoms with E-state index < -0.39 is 0 Å². The number of methoxy groups -OCH3 is 1. The molecular formula is C13H17BrO2. The maximum atomic E-state index is 11.3. The Morgan fingerprint density at radius 3 is 2.38 bits per heavy atom. The van der Waals surface area contributed by atoms with Crippen LogP contribution in [0, 0.1) is 5.92 Å². The highest BCUT2D eigenvalue weighted by molar-refractivity contribution is 9.09. The summed E-state index contributed by atoms with van der Waals surface area (Å²) in [6.45, 7) is 1.89. The number of carbonyl (C=O) groups is 1. The topological polar surface area (TPSA) is 26.3 Å². The number of alkyl halides is 1. The number of halogens is 1. The molecule has 0 saturated carbocycles. The molecule has 0 aliphatic heterocycles. The van der Waals surface area contributed by atoms with Crippen molar-refractivity contribution in [3.63, 3.8) is 0 Å². The Hall–Kier alpha value is -0.830. The van der Waals surface area contributed by atoms with Gasteiger partial charge in [0.25, 0.3) is 0 Å². The van der Waals surface area contributed by atoms with Gasteiger partial charge in [-0.3, -0.25) is 4.79 Å². The van der Waals surface area contributed by atoms with Gasteiger partial charge in [0.2, 0.25) is 0 Å². The van der Waals surface area contributed by atoms with Crippen molar-refractivity contribution in [2.45, 2.75) is 19.8 Å². The molecule has 0 aliphatic carbocycles. The molecule has 0 bridgehead atoms. The molecule has 2 nitrogen and oxygen atoms in total. The van der Waals surface area contributed by atoms with Gasteiger partial charge in [0.05, 0.1) is 13.0 Å². The zero-order chi connectivity index (χ0) is 12.0. The summed E-state index contributed by atoms with van der Waals surface area (Å²) in [5.74, 6) is -0.225. The molecule has 3 heteroatoms. The van der Waals surface area contributed by atoms with Gasteiger partial charge in [-0.2, -0.15) is 0 Å². The maximum Gasteiger partial charge on any atom is 0.308 e. The van der Waals surface area contributed by atoms with Crippen molar-refractivity contribution < 1.29 is 9.53 Å². The summed E-state index contributed by atoms with van der Waals surface area (Å²) in [7, 11) is 1.43. The molecule has 0 spiro atoms. The Labute approximate surface area is 105 Å². The van der Waals surface area contributed by atoms with E-state index in [0.717, 1.165) is 18.2 Å². The van der Waals surface area contributed by atoms with Crippen LogP contribution in [0.15, 0.2) is 24.3 Å². The van der Waals surface area contributed by atoms with Crippen molar-refractivity contribution in [2.75, 3.05) is 12.4 Å². The van der Waals surface area contributed by atoms with E-state index >= 15 is 0 Å². The third-order valence-electron chi connectivity index (χ3n) is 2.55. The minimum atomic E-state index is -0.149. The van der Waals surface area contributed by atoms with Crippen LogP contribution in [0.4, 0.5) is 0 Å². The van der Waals surface area contributed by atoms with Crippen LogP contribution in [-0.2, 0) is 22.4 Å². The molecule has 0 saturated heterocycles. The molecule has 0 aromatic heterocycles. The van der Waals surface area contributed by atoms with Gasteiger partial charge in [-0.15, -0.1) is 0 Å². The Bertz CT molecular complexity index is 332. The number of rotatable bonds is 5. The van der Waals surface area contributed by atoms with Gasteiger partial charge in [-0.25, -0.2) is 0 Å². The molecule has 0 amide bonds. The zero-order valence-corrected chi connectivity index (χ0v) is 11.3. The molecule has 1 aromatic rings. The molecular weight excluding hydrogens is 268 g/mol. The predicted octanol–water partition coefficient (Wildman–Crippen LogP) is 2.98. The highest BCUT2D eigenvalue weighted by Crippen LogP contribution is 2.12. The number of carbonyl (C=O) groups excluding carboxylic acids is 1. The average molecular weight is 285 g/mol. The Balaban J connectivity index is 2.58. The standard InChI is InChI=1S/C13H17BrO2/c1-10(13(15)16-2)9-12-5-3-11(4-6-12)7-8-14/h3-6,10H,7-9H2,1-2H3. The summed E-state index contributed by atoms with van der Waals surface area (Å²) in [4.78, 5) is 11.3. The minimum Gasteiger partial charge on any atom is -0.469 e. The van der Waals surface area contributed by atoms with E-state index in [-0.39, 0.29) is 11.9 Å². The zero-order valence-electron chi connectivity index (χ0n) is 9.70. The predicted molar refractivity (Wildman–Crippen MR) is 68.8 cm³/mol. The molecule has 1 aromatic carbocycles. The van der Waals surface area contributed by atoms with Gasteiger partial charge in [-0.05, 0) is 24.0 Å². The lowest BCUT2D eigenvalue weighted by molar-refractivity contribution is -0.144. The number of aryl methyl sites for hydroxylation is 1. The number of benzene rings is 1. The maximum absolute atomic E-state index is 11.3. The van der Waals surface area contributed by atoms with Gasteiger partial charge in [0, 0.05) is 5.33 Å². The molecule has 1 atom stereocenters. The van der Waals surface area contributed by atoms with E-state index in [2.05, 4.69) is 40.2 Å². The van der Waals surface area contributed by atoms with E-state index in [1.54, 1.807) is 0 Å². The van der Waals surface area contributed by atoms with Crippen molar-refractivity contribution in [3.8, 4) is 0 Å². The van der Waals surface area contributed by atoms with Gasteiger partial charge in [0.15, 0.2) is 0 Å². The average Bonchev–Trinajstić information content (AvgIpc) is 2.31. The Morgan fingerprint density at radius 2 is 1.88 bits per heavy atom. The second-order valence-electron chi connectivity index (χ2n) is 3.88. The molecule has 0 fully saturated rings. The smallest absolute Gasteiger partial charge is 0.308 e. The number of hydrogen-bond donors (Lipinski definition) is 0. The lowest BCUT2D eigenvalue weighted by Gasteiger charge is -2.09. The van der Waals surface area contributed by atoms with Crippen LogP contribution in [0.5, 0.6) is 0 Å². The third-order valence-corrected chi connectivity index (χ3v) is 2.95. The first-order valence-electron chi connectivity index (χ1n) is 5.39. The second-order valence-corrected chi connectivity index (χ2v) is 4.68. The number of hydrogen-bond acceptors (Lipinski definition) is 2. The van der Waals surface area contributed by atoms with E-state index in [0.29, 0.717) is 0 Å². The molecule has 0 aliphatic rings. The molecule has 0 heterocycles. The summed E-state index contributed by atoms with van der Waals surface area (Å²) < 4.78 is 4.70. The summed E-state index contributed by atoms with van der Waals surface area (Å²) in [6, 6.07) is 8.38. The minimum absolute atomic E-state index is 0.0768. The van der Waals surface area contributed by atoms with Crippen molar-refractivity contribution in [1.82, 2.24) is 0 Å². The first kappa shape index (κ1) is 13.2. The molecule has 0 N–H and O–H groups in total. The van der Waals surface area contributed by atoms with Crippen LogP contribution in [0.1, 0.15) is 18.1 Å². The fourth-order valence-electron chi connectivity index (χ4n) is 1.59. The van der Waals surface area contributed by atoms with Crippen molar-refractivity contribution in [3.05, 3.63) is 35.4 Å². The Kier molecular flexibility index (Phi) is 5.53. The monoisotopic (exact) mass is 284 g/mol. The largest absolute Gasteiger partial charge is 0.469 e. The fraction of sp³-hybridized carbons (Fsp3) is 0.462. The van der Waals surface area contributed by atoms with E-state index in [9.17, 15) is 4.79 Å². The van der Waals surface area contributed by atoms with E-state index in [1.165, 1.54) is 18.2 Å². The fourth-order valence-corrected chi connectivity index (χ4v) is 2.05. The van der Waals surface area contributed by atoms with Crippen LogP contribution in [0.25, 0.3) is 0 Å². The van der Waals surface area contributed by atoms with Gasteiger partial charge < -0.3 is 4.74 Å². The van der Waals surface area contributed by atoms with E-state index in [1.807, 2.05) is 6.92 Å². The lowest BCUT2D eigenvalue weighted by atomic mass is 10.00. The summed E-state index contributed by atoms with van der Waals surface area (Å²) >= 11 is 3.41. The summed E-state index contributed by atoms with van der Waals surface area (Å²) in [5.41, 5.74) is 2.49. The van der Waals surface area contributed by atoms with Crippen molar-refractivity contribution in [1.29, 1.82) is 0 Å². The highest BCUT2D eigenvalue weighted by Gasteiger charge is 2.13. The highest BCUT2D eigenvalue weighted by atomic mass is 79.9. The van der Waals surface area contributed by atoms with Gasteiger partial charge >= 0.3 is 5.97 Å². The van der Waals surface area contributed by atoms with Gasteiger partial charge in [-0.1, -0.05) is 47.1 Å². The molecule has 88 valence electrons. The van der Waals surface area contributed by atoms with Crippen LogP contribution in [0.2, 0.25) is 0 Å². The quantitative estimate of drug-likeness (QED) is 0.614. The third kappa shape index (κ3) is 3.97. The normalized spacial score (nSPS) is 12.2. The van der Waals surface area contributed by atoms with Crippen LogP contribution in [-0.4, -0.2) is 18.4 Å². The molecule has 16 heavy (non-hydrogen) atoms. The second kappa shape index (κ2) is 6.69. The van der Waals surface area contributed by atoms with Crippen LogP contribution >= 0.6 is 15.9 Å². The first-order valence-corrected chi connectivity index (χ1v) is 6.51. The van der Waals surface area contributed by atoms with Gasteiger partial charge in [0.1, 0.15) is 0 Å². The number of esters is 1. The first-order chi connectivity index (χ1) is 7.67. The molecule has 0 radical (unpaired) electrons. The van der Waals surface area contributed by atoms with E-state index in [4.69, 9.17) is 4.74 Å². The number of ether oxygens (including phenoxy) is 1. The Morgan fingerprint density at radius 1 is 1.31 bits per heavy atom. The lowest BCUT2D eigenvalue weighted by Crippen LogP contribution is -2.15. The molecule has 1 rings (SSSR count). The summed E-state index contributed by atoms with van der Waals surface area (Å²) in [5, 5.41) is 0.977. The van der Waals surface area contributed by atoms with Crippen LogP contribution < -0.4 is 0 Å². The SMILES string of the molecule is COC(=O)C(C)Cc1ccc(CCBr)cc1. The van der Waals surface area contributed by atoms with Crippen molar-refractivity contribution >= 4 is 21.9 Å². The summed E-state index contributed by atoms with van der Waals surface area (Å²) in [6.07, 6.45) is 1.77. The molecule has 1 unspecified atom stereocenters.